The largest absolute Gasteiger partial charge is 0.573 e. The number of carbonyl (C=O) groups is 1. The second-order valence-corrected chi connectivity index (χ2v) is 8.23. The first-order valence-corrected chi connectivity index (χ1v) is 10.8. The zero-order valence-electron chi connectivity index (χ0n) is 18.4. The molecule has 0 aliphatic heterocycles. The number of carboxylic acids is 1. The summed E-state index contributed by atoms with van der Waals surface area (Å²) in [5.74, 6) is -0.776. The topological polar surface area (TPSA) is 80.8 Å². The molecule has 10 heteroatoms. The zero-order valence-corrected chi connectivity index (χ0v) is 19.2. The van der Waals surface area contributed by atoms with Crippen LogP contribution in [-0.4, -0.2) is 28.5 Å². The molecule has 0 bridgehead atoms. The van der Waals surface area contributed by atoms with Crippen LogP contribution in [0.5, 0.6) is 23.0 Å². The van der Waals surface area contributed by atoms with Gasteiger partial charge < -0.3 is 24.3 Å². The fraction of sp³-hybridized carbons (Fsp3) is 0.160. The van der Waals surface area contributed by atoms with E-state index >= 15 is 0 Å². The van der Waals surface area contributed by atoms with E-state index in [0.717, 1.165) is 6.07 Å². The Bertz CT molecular complexity index is 1380. The molecule has 1 heterocycles. The summed E-state index contributed by atoms with van der Waals surface area (Å²) in [6, 6.07) is 15.4. The number of rotatable bonds is 7. The summed E-state index contributed by atoms with van der Waals surface area (Å²) >= 11 is 5.79. The van der Waals surface area contributed by atoms with E-state index in [9.17, 15) is 23.1 Å². The molecule has 0 amide bonds. The van der Waals surface area contributed by atoms with E-state index in [1.807, 2.05) is 13.8 Å². The molecule has 4 aromatic rings. The summed E-state index contributed by atoms with van der Waals surface area (Å²) in [5, 5.41) is 10.1. The molecule has 0 saturated carbocycles. The fourth-order valence-electron chi connectivity index (χ4n) is 3.55. The van der Waals surface area contributed by atoms with E-state index in [1.54, 1.807) is 42.5 Å². The number of aromatic amines is 1. The summed E-state index contributed by atoms with van der Waals surface area (Å²) in [4.78, 5) is 14.8. The molecule has 0 aliphatic rings. The number of fused-ring (bicyclic) bond motifs is 1. The van der Waals surface area contributed by atoms with Crippen LogP contribution in [0, 0.1) is 0 Å². The number of H-pyrrole nitrogens is 1. The number of nitrogens with one attached hydrogen (secondary N) is 1. The third-order valence-electron chi connectivity index (χ3n) is 4.86. The monoisotopic (exact) mass is 505 g/mol. The Balaban J connectivity index is 1.72. The van der Waals surface area contributed by atoms with Gasteiger partial charge in [0, 0.05) is 22.5 Å². The number of halogens is 4. The second-order valence-electron chi connectivity index (χ2n) is 7.82. The summed E-state index contributed by atoms with van der Waals surface area (Å²) in [6.07, 6.45) is -4.93. The lowest BCUT2D eigenvalue weighted by atomic mass is 10.0. The van der Waals surface area contributed by atoms with Gasteiger partial charge in [0.15, 0.2) is 5.75 Å². The molecule has 6 nitrogen and oxygen atoms in total. The van der Waals surface area contributed by atoms with Gasteiger partial charge in [-0.15, -0.1) is 13.2 Å². The highest BCUT2D eigenvalue weighted by atomic mass is 35.5. The number of aromatic nitrogens is 1. The summed E-state index contributed by atoms with van der Waals surface area (Å²) in [7, 11) is 0. The lowest BCUT2D eigenvalue weighted by Gasteiger charge is -2.12. The third kappa shape index (κ3) is 5.63. The maximum Gasteiger partial charge on any atom is 0.573 e. The first-order chi connectivity index (χ1) is 16.5. The number of hydrogen-bond acceptors (Lipinski definition) is 4. The Morgan fingerprint density at radius 2 is 1.60 bits per heavy atom. The van der Waals surface area contributed by atoms with Crippen LogP contribution in [0.2, 0.25) is 5.02 Å². The Morgan fingerprint density at radius 1 is 0.971 bits per heavy atom. The maximum absolute atomic E-state index is 12.6. The van der Waals surface area contributed by atoms with Gasteiger partial charge in [0.05, 0.1) is 11.1 Å². The Morgan fingerprint density at radius 3 is 2.23 bits per heavy atom. The van der Waals surface area contributed by atoms with Crippen molar-refractivity contribution in [1.82, 2.24) is 4.98 Å². The van der Waals surface area contributed by atoms with Crippen LogP contribution in [0.4, 0.5) is 13.2 Å². The summed E-state index contributed by atoms with van der Waals surface area (Å²) in [5.41, 5.74) is 1.60. The smallest absolute Gasteiger partial charge is 0.491 e. The van der Waals surface area contributed by atoms with Gasteiger partial charge in [-0.25, -0.2) is 4.79 Å². The van der Waals surface area contributed by atoms with Crippen molar-refractivity contribution < 1.29 is 37.3 Å². The summed E-state index contributed by atoms with van der Waals surface area (Å²) in [6.45, 7) is 3.80. The van der Waals surface area contributed by atoms with Gasteiger partial charge in [-0.05, 0) is 61.9 Å². The fourth-order valence-corrected chi connectivity index (χ4v) is 3.71. The number of benzene rings is 3. The van der Waals surface area contributed by atoms with Gasteiger partial charge in [-0.2, -0.15) is 0 Å². The van der Waals surface area contributed by atoms with Crippen molar-refractivity contribution in [3.63, 3.8) is 0 Å². The van der Waals surface area contributed by atoms with E-state index in [2.05, 4.69) is 9.72 Å². The molecule has 4 rings (SSSR count). The SMILES string of the molecule is CC(C)Oc1ccc(-c2c(C(=O)O)[nH]c3ccc(Oc4ccc(Cl)c(OC(F)(F)F)c4)cc23)cc1. The molecular weight excluding hydrogens is 487 g/mol. The molecule has 0 unspecified atom stereocenters. The minimum absolute atomic E-state index is 0.0120. The highest BCUT2D eigenvalue weighted by Gasteiger charge is 2.32. The van der Waals surface area contributed by atoms with E-state index in [1.165, 1.54) is 12.1 Å². The van der Waals surface area contributed by atoms with Crippen molar-refractivity contribution in [2.24, 2.45) is 0 Å². The van der Waals surface area contributed by atoms with Gasteiger partial charge >= 0.3 is 12.3 Å². The molecule has 0 atom stereocenters. The molecule has 0 spiro atoms. The molecule has 2 N–H and O–H groups in total. The minimum Gasteiger partial charge on any atom is -0.491 e. The molecule has 3 aromatic carbocycles. The molecular formula is C25H19ClF3NO5. The molecule has 0 aliphatic carbocycles. The van der Waals surface area contributed by atoms with E-state index < -0.39 is 18.1 Å². The highest BCUT2D eigenvalue weighted by Crippen LogP contribution is 2.38. The quantitative estimate of drug-likeness (QED) is 0.269. The number of ether oxygens (including phenoxy) is 3. The average molecular weight is 506 g/mol. The van der Waals surface area contributed by atoms with Crippen LogP contribution in [0.3, 0.4) is 0 Å². The van der Waals surface area contributed by atoms with Gasteiger partial charge in [-0.1, -0.05) is 23.7 Å². The second kappa shape index (κ2) is 9.42. The molecule has 0 radical (unpaired) electrons. The normalized spacial score (nSPS) is 11.6. The van der Waals surface area contributed by atoms with Crippen molar-refractivity contribution in [2.75, 3.05) is 0 Å². The standard InChI is InChI=1S/C25H19ClF3NO5/c1-13(2)33-15-5-3-14(4-6-15)22-18-11-16(8-10-20(18)30-23(22)24(31)32)34-17-7-9-19(26)21(12-17)35-25(27,28)29/h3-13,30H,1-2H3,(H,31,32). The van der Waals surface area contributed by atoms with Crippen molar-refractivity contribution >= 4 is 28.5 Å². The highest BCUT2D eigenvalue weighted by molar-refractivity contribution is 6.32. The minimum atomic E-state index is -4.91. The Hall–Kier alpha value is -3.85. The van der Waals surface area contributed by atoms with Gasteiger partial charge in [0.2, 0.25) is 0 Å². The molecule has 0 saturated heterocycles. The predicted octanol–water partition coefficient (Wildman–Crippen LogP) is 7.66. The number of carboxylic acid groups (broad SMARTS) is 1. The van der Waals surface area contributed by atoms with Crippen LogP contribution in [0.1, 0.15) is 24.3 Å². The van der Waals surface area contributed by atoms with E-state index in [-0.39, 0.29) is 28.3 Å². The molecule has 182 valence electrons. The first kappa shape index (κ1) is 24.3. The van der Waals surface area contributed by atoms with Gasteiger partial charge in [0.1, 0.15) is 22.9 Å². The van der Waals surface area contributed by atoms with Crippen molar-refractivity contribution in [3.05, 3.63) is 71.4 Å². The maximum atomic E-state index is 12.6. The zero-order chi connectivity index (χ0) is 25.3. The lowest BCUT2D eigenvalue weighted by molar-refractivity contribution is -0.274. The first-order valence-electron chi connectivity index (χ1n) is 10.4. The lowest BCUT2D eigenvalue weighted by Crippen LogP contribution is -2.17. The van der Waals surface area contributed by atoms with Crippen molar-refractivity contribution in [1.29, 1.82) is 0 Å². The van der Waals surface area contributed by atoms with Gasteiger partial charge in [-0.3, -0.25) is 0 Å². The Labute approximate surface area is 202 Å². The van der Waals surface area contributed by atoms with Crippen molar-refractivity contribution in [3.8, 4) is 34.1 Å². The Kier molecular flexibility index (Phi) is 6.53. The average Bonchev–Trinajstić information content (AvgIpc) is 3.14. The van der Waals surface area contributed by atoms with Crippen LogP contribution < -0.4 is 14.2 Å². The number of alkyl halides is 3. The van der Waals surface area contributed by atoms with Crippen LogP contribution in [-0.2, 0) is 0 Å². The van der Waals surface area contributed by atoms with Crippen LogP contribution in [0.25, 0.3) is 22.0 Å². The predicted molar refractivity (Wildman–Crippen MR) is 125 cm³/mol. The number of hydrogen-bond donors (Lipinski definition) is 2. The van der Waals surface area contributed by atoms with E-state index in [4.69, 9.17) is 21.1 Å². The third-order valence-corrected chi connectivity index (χ3v) is 5.17. The molecule has 0 fully saturated rings. The van der Waals surface area contributed by atoms with Crippen LogP contribution >= 0.6 is 11.6 Å². The molecule has 35 heavy (non-hydrogen) atoms. The van der Waals surface area contributed by atoms with Gasteiger partial charge in [0.25, 0.3) is 0 Å². The number of aromatic carboxylic acids is 1. The van der Waals surface area contributed by atoms with E-state index in [0.29, 0.717) is 27.8 Å². The molecule has 1 aromatic heterocycles. The van der Waals surface area contributed by atoms with Crippen molar-refractivity contribution in [2.45, 2.75) is 26.3 Å². The summed E-state index contributed by atoms with van der Waals surface area (Å²) < 4.78 is 53.2. The van der Waals surface area contributed by atoms with Crippen LogP contribution in [0.15, 0.2) is 60.7 Å².